The van der Waals surface area contributed by atoms with Crippen LogP contribution in [0.4, 0.5) is 0 Å². The van der Waals surface area contributed by atoms with E-state index in [2.05, 4.69) is 10.2 Å². The Bertz CT molecular complexity index is 1340. The van der Waals surface area contributed by atoms with E-state index in [1.54, 1.807) is 61.9 Å². The number of hydrogen-bond donors (Lipinski definition) is 3. The Kier molecular flexibility index (Phi) is 12.8. The van der Waals surface area contributed by atoms with Crippen molar-refractivity contribution in [1.29, 1.82) is 0 Å². The third-order valence-electron chi connectivity index (χ3n) is 4.69. The van der Waals surface area contributed by atoms with E-state index in [-0.39, 0.29) is 43.1 Å². The summed E-state index contributed by atoms with van der Waals surface area (Å²) < 4.78 is 18.7. The number of aliphatic hydroxyl groups excluding tert-OH is 2. The van der Waals surface area contributed by atoms with Crippen molar-refractivity contribution in [3.63, 3.8) is 0 Å². The number of esters is 1. The number of nitrogens with zero attached hydrogens (tertiary/aromatic N) is 4. The van der Waals surface area contributed by atoms with Gasteiger partial charge < -0.3 is 35.0 Å². The molecule has 0 aliphatic heterocycles. The smallest absolute Gasteiger partial charge is 0.870 e. The summed E-state index contributed by atoms with van der Waals surface area (Å²) >= 11 is 0. The van der Waals surface area contributed by atoms with Gasteiger partial charge in [-0.05, 0) is 32.9 Å². The van der Waals surface area contributed by atoms with Gasteiger partial charge in [0.25, 0.3) is 0 Å². The summed E-state index contributed by atoms with van der Waals surface area (Å²) in [6.07, 6.45) is 4.93. The second kappa shape index (κ2) is 15.0. The zero-order chi connectivity index (χ0) is 26.2. The first kappa shape index (κ1) is 32.4. The molecule has 0 amide bonds. The van der Waals surface area contributed by atoms with Crippen molar-refractivity contribution in [2.24, 2.45) is 0 Å². The van der Waals surface area contributed by atoms with Gasteiger partial charge in [0.1, 0.15) is 35.8 Å². The summed E-state index contributed by atoms with van der Waals surface area (Å²) in [5.74, 6) is -0.376. The van der Waals surface area contributed by atoms with Gasteiger partial charge in [-0.1, -0.05) is 0 Å². The van der Waals surface area contributed by atoms with Crippen molar-refractivity contribution >= 4 is 23.0 Å². The van der Waals surface area contributed by atoms with Gasteiger partial charge in [0, 0.05) is 24.5 Å². The van der Waals surface area contributed by atoms with Gasteiger partial charge in [-0.25, -0.2) is 18.6 Å². The molecule has 0 aliphatic carbocycles. The van der Waals surface area contributed by atoms with E-state index in [0.717, 1.165) is 0 Å². The van der Waals surface area contributed by atoms with Crippen LogP contribution in [0.25, 0.3) is 11.0 Å². The van der Waals surface area contributed by atoms with Crippen molar-refractivity contribution in [3.8, 4) is 11.5 Å². The molecule has 200 valence electrons. The number of carboxylic acids is 1. The molecule has 0 aromatic carbocycles. The number of ether oxygens (including phenoxy) is 3. The third kappa shape index (κ3) is 8.47. The maximum absolute atomic E-state index is 11.7. The summed E-state index contributed by atoms with van der Waals surface area (Å²) in [6.45, 7) is 5.67. The first-order chi connectivity index (χ1) is 17.2. The number of aromatic nitrogens is 4. The van der Waals surface area contributed by atoms with Gasteiger partial charge in [-0.2, -0.15) is 10.2 Å². The van der Waals surface area contributed by atoms with Gasteiger partial charge in [-0.3, -0.25) is 0 Å². The number of carbonyl (C=O) groups excluding carboxylic acids is 1. The van der Waals surface area contributed by atoms with E-state index < -0.39 is 24.1 Å². The standard InChI is InChI=1S/C13H16N2O4.C11H12N2O4.Li.H2O/c1-3-18-13(17)11-7-14-15-5-4-10(6-12(11)15)19-8-9(2)16;1-7(14)6-17-8-2-3-13-10(4-8)9(5-12-13)11(15)16;;/h4-7,9,16H,3,8H2,1-2H3;2-5,7,14H,6H2,1H3,(H,15,16);;1H2/q;;+1;/p-1. The van der Waals surface area contributed by atoms with E-state index in [9.17, 15) is 14.7 Å². The molecule has 38 heavy (non-hydrogen) atoms. The zero-order valence-electron chi connectivity index (χ0n) is 21.5. The predicted octanol–water partition coefficient (Wildman–Crippen LogP) is -1.11. The maximum atomic E-state index is 11.7. The number of carbonyl (C=O) groups is 2. The molecular formula is C24H29LiN4O9. The van der Waals surface area contributed by atoms with E-state index in [0.29, 0.717) is 34.7 Å². The summed E-state index contributed by atoms with van der Waals surface area (Å²) in [4.78, 5) is 22.7. The van der Waals surface area contributed by atoms with Crippen LogP contribution < -0.4 is 28.3 Å². The summed E-state index contributed by atoms with van der Waals surface area (Å²) in [5, 5.41) is 35.2. The number of carboxylic acid groups (broad SMARTS) is 1. The minimum atomic E-state index is -1.03. The van der Waals surface area contributed by atoms with Crippen molar-refractivity contribution < 1.29 is 63.5 Å². The van der Waals surface area contributed by atoms with Gasteiger partial charge in [-0.15, -0.1) is 0 Å². The van der Waals surface area contributed by atoms with Gasteiger partial charge in [0.15, 0.2) is 0 Å². The molecule has 0 radical (unpaired) electrons. The number of hydrogen-bond acceptors (Lipinski definition) is 10. The molecule has 0 bridgehead atoms. The fourth-order valence-electron chi connectivity index (χ4n) is 3.07. The number of aromatic carboxylic acids is 1. The monoisotopic (exact) mass is 524 g/mol. The van der Waals surface area contributed by atoms with E-state index in [1.165, 1.54) is 16.9 Å². The van der Waals surface area contributed by atoms with Crippen LogP contribution in [0.15, 0.2) is 49.1 Å². The van der Waals surface area contributed by atoms with Crippen molar-refractivity contribution in [3.05, 3.63) is 60.2 Å². The summed E-state index contributed by atoms with van der Waals surface area (Å²) in [5.41, 5.74) is 1.58. The summed E-state index contributed by atoms with van der Waals surface area (Å²) in [7, 11) is 0. The molecule has 2 unspecified atom stereocenters. The first-order valence-electron chi connectivity index (χ1n) is 11.2. The van der Waals surface area contributed by atoms with Crippen LogP contribution in [0.5, 0.6) is 11.5 Å². The molecule has 13 nitrogen and oxygen atoms in total. The van der Waals surface area contributed by atoms with Gasteiger partial charge in [0.05, 0.1) is 42.2 Å². The topological polar surface area (TPSA) is 187 Å². The maximum Gasteiger partial charge on any atom is 1.00 e. The Labute approximate surface area is 230 Å². The van der Waals surface area contributed by atoms with Crippen molar-refractivity contribution in [2.75, 3.05) is 19.8 Å². The molecule has 4 aromatic rings. The van der Waals surface area contributed by atoms with Crippen LogP contribution in [-0.2, 0) is 4.74 Å². The Morgan fingerprint density at radius 2 is 1.34 bits per heavy atom. The van der Waals surface area contributed by atoms with E-state index in [4.69, 9.17) is 24.4 Å². The number of rotatable bonds is 9. The fourth-order valence-corrected chi connectivity index (χ4v) is 3.07. The fraction of sp³-hybridized carbons (Fsp3) is 0.333. The molecule has 0 aliphatic rings. The average Bonchev–Trinajstić information content (AvgIpc) is 3.45. The molecule has 2 atom stereocenters. The molecule has 4 rings (SSSR count). The number of fused-ring (bicyclic) bond motifs is 2. The van der Waals surface area contributed by atoms with Crippen LogP contribution in [0, 0.1) is 0 Å². The predicted molar refractivity (Wildman–Crippen MR) is 130 cm³/mol. The third-order valence-corrected chi connectivity index (χ3v) is 4.69. The second-order valence-electron chi connectivity index (χ2n) is 7.85. The molecule has 4 N–H and O–H groups in total. The summed E-state index contributed by atoms with van der Waals surface area (Å²) in [6, 6.07) is 6.66. The largest absolute Gasteiger partial charge is 1.00 e. The van der Waals surface area contributed by atoms with Gasteiger partial charge in [0.2, 0.25) is 0 Å². The molecule has 14 heteroatoms. The number of aliphatic hydroxyl groups is 2. The Morgan fingerprint density at radius 3 is 1.76 bits per heavy atom. The zero-order valence-corrected chi connectivity index (χ0v) is 21.5. The molecule has 4 aromatic heterocycles. The average molecular weight is 524 g/mol. The van der Waals surface area contributed by atoms with Crippen LogP contribution in [0.3, 0.4) is 0 Å². The van der Waals surface area contributed by atoms with Crippen LogP contribution >= 0.6 is 0 Å². The number of pyridine rings is 2. The molecule has 0 spiro atoms. The van der Waals surface area contributed by atoms with E-state index >= 15 is 0 Å². The Balaban J connectivity index is 0.000000363. The molecule has 0 fully saturated rings. The van der Waals surface area contributed by atoms with Crippen LogP contribution in [-0.4, -0.2) is 84.0 Å². The van der Waals surface area contributed by atoms with Crippen molar-refractivity contribution in [1.82, 2.24) is 19.2 Å². The molecule has 4 heterocycles. The van der Waals surface area contributed by atoms with Crippen LogP contribution in [0.2, 0.25) is 0 Å². The first-order valence-corrected chi connectivity index (χ1v) is 11.2. The van der Waals surface area contributed by atoms with Crippen molar-refractivity contribution in [2.45, 2.75) is 33.0 Å². The molecule has 0 saturated heterocycles. The minimum absolute atomic E-state index is 0. The van der Waals surface area contributed by atoms with Gasteiger partial charge >= 0.3 is 30.8 Å². The SMILES string of the molecule is CC(O)COc1ccn2ncc(C(=O)O)c2c1.CCOC(=O)c1cnn2ccc(OCC(C)O)cc12.[Li+].[OH-]. The minimum Gasteiger partial charge on any atom is -0.870 e. The quantitative estimate of drug-likeness (QED) is 0.178. The normalized spacial score (nSPS) is 11.8. The Hall–Kier alpha value is -3.60. The van der Waals surface area contributed by atoms with E-state index in [1.807, 2.05) is 0 Å². The molecule has 0 saturated carbocycles. The Morgan fingerprint density at radius 1 is 0.895 bits per heavy atom. The van der Waals surface area contributed by atoms with Crippen LogP contribution in [0.1, 0.15) is 41.5 Å². The molecular weight excluding hydrogens is 495 g/mol. The second-order valence-corrected chi connectivity index (χ2v) is 7.85.